The molecule has 0 aromatic heterocycles. The molecule has 2 radical (unpaired) electrons. The van der Waals surface area contributed by atoms with Crippen LogP contribution < -0.4 is 20.2 Å². The summed E-state index contributed by atoms with van der Waals surface area (Å²) in [6.45, 7) is 12.6. The van der Waals surface area contributed by atoms with E-state index in [0.29, 0.717) is 9.52 Å². The van der Waals surface area contributed by atoms with E-state index in [9.17, 15) is 4.79 Å². The molecule has 2 aromatic carbocycles. The molecule has 25 heavy (non-hydrogen) atoms. The number of carbonyl (C=O) groups is 1. The molecule has 0 saturated heterocycles. The van der Waals surface area contributed by atoms with Gasteiger partial charge in [0.15, 0.2) is 5.78 Å². The van der Waals surface area contributed by atoms with Gasteiger partial charge in [-0.1, -0.05) is 0 Å². The fourth-order valence-electron chi connectivity index (χ4n) is 3.53. The zero-order chi connectivity index (χ0) is 18.0. The van der Waals surface area contributed by atoms with Crippen molar-refractivity contribution in [1.29, 1.82) is 0 Å². The van der Waals surface area contributed by atoms with Crippen molar-refractivity contribution in [1.82, 2.24) is 0 Å². The summed E-state index contributed by atoms with van der Waals surface area (Å²) in [7, 11) is 0.540. The quantitative estimate of drug-likeness (QED) is 0.639. The summed E-state index contributed by atoms with van der Waals surface area (Å²) in [5.74, 6) is 0.168. The van der Waals surface area contributed by atoms with Crippen molar-refractivity contribution >= 4 is 37.1 Å². The Bertz CT molecular complexity index is 716. The molecule has 0 saturated carbocycles. The van der Waals surface area contributed by atoms with Gasteiger partial charge in [0.1, 0.15) is 9.52 Å². The van der Waals surface area contributed by atoms with Crippen molar-refractivity contribution in [2.45, 2.75) is 27.7 Å². The summed E-state index contributed by atoms with van der Waals surface area (Å²) in [4.78, 5) is 17.6. The van der Waals surface area contributed by atoms with E-state index in [1.54, 1.807) is 0 Å². The van der Waals surface area contributed by atoms with Gasteiger partial charge >= 0.3 is 0 Å². The maximum absolute atomic E-state index is 12.9. The Kier molecular flexibility index (Phi) is 5.28. The molecule has 0 bridgehead atoms. The Hall–Kier alpha value is -2.07. The van der Waals surface area contributed by atoms with E-state index in [0.717, 1.165) is 37.3 Å². The summed E-state index contributed by atoms with van der Waals surface area (Å²) < 4.78 is 0. The highest BCUT2D eigenvalue weighted by molar-refractivity contribution is 6.72. The minimum Gasteiger partial charge on any atom is -0.372 e. The second kappa shape index (κ2) is 7.44. The van der Waals surface area contributed by atoms with Crippen LogP contribution in [0, 0.1) is 0 Å². The van der Waals surface area contributed by atoms with E-state index in [4.69, 9.17) is 0 Å². The van der Waals surface area contributed by atoms with Crippen molar-refractivity contribution < 1.29 is 4.79 Å². The molecule has 2 aromatic rings. The summed E-state index contributed by atoms with van der Waals surface area (Å²) in [6, 6.07) is 12.6. The van der Waals surface area contributed by atoms with Crippen molar-refractivity contribution in [3.63, 3.8) is 0 Å². The highest BCUT2D eigenvalue weighted by Gasteiger charge is 2.25. The summed E-state index contributed by atoms with van der Waals surface area (Å²) >= 11 is 0. The van der Waals surface area contributed by atoms with Crippen molar-refractivity contribution in [3.05, 3.63) is 47.5 Å². The van der Waals surface area contributed by atoms with Gasteiger partial charge in [0.25, 0.3) is 0 Å². The van der Waals surface area contributed by atoms with E-state index in [2.05, 4.69) is 61.8 Å². The largest absolute Gasteiger partial charge is 0.372 e. The molecule has 1 heterocycles. The predicted octanol–water partition coefficient (Wildman–Crippen LogP) is 2.58. The topological polar surface area (TPSA) is 23.6 Å². The molecule has 3 rings (SSSR count). The average molecular weight is 351 g/mol. The van der Waals surface area contributed by atoms with Gasteiger partial charge in [0.05, 0.1) is 0 Å². The molecule has 3 nitrogen and oxygen atoms in total. The monoisotopic (exact) mass is 350 g/mol. The van der Waals surface area contributed by atoms with Crippen LogP contribution in [0.15, 0.2) is 36.4 Å². The number of ketones is 1. The van der Waals surface area contributed by atoms with Crippen LogP contribution in [0.4, 0.5) is 11.4 Å². The first-order chi connectivity index (χ1) is 12.1. The Morgan fingerprint density at radius 3 is 1.48 bits per heavy atom. The third-order valence-corrected chi connectivity index (χ3v) is 6.39. The Labute approximate surface area is 153 Å². The Balaban J connectivity index is 2.00. The highest BCUT2D eigenvalue weighted by atomic mass is 28.2. The lowest BCUT2D eigenvalue weighted by Crippen LogP contribution is -2.41. The molecule has 1 aliphatic rings. The molecule has 0 N–H and O–H groups in total. The van der Waals surface area contributed by atoms with Gasteiger partial charge in [-0.3, -0.25) is 4.79 Å². The Morgan fingerprint density at radius 2 is 1.12 bits per heavy atom. The second-order valence-corrected chi connectivity index (χ2v) is 7.59. The average Bonchev–Trinajstić information content (AvgIpc) is 2.63. The number of hydrogen-bond acceptors (Lipinski definition) is 3. The number of rotatable bonds is 6. The van der Waals surface area contributed by atoms with Gasteiger partial charge in [-0.2, -0.15) is 0 Å². The van der Waals surface area contributed by atoms with Crippen molar-refractivity contribution in [2.24, 2.45) is 0 Å². The SMILES string of the molecule is CCN(CC)c1ccc2c(c1)[Si]c1cc(N(CC)CC)ccc1C2=O. The van der Waals surface area contributed by atoms with Crippen molar-refractivity contribution in [2.75, 3.05) is 36.0 Å². The molecular weight excluding hydrogens is 324 g/mol. The Morgan fingerprint density at radius 1 is 0.720 bits per heavy atom. The fraction of sp³-hybridized carbons (Fsp3) is 0.381. The van der Waals surface area contributed by atoms with Gasteiger partial charge in [0, 0.05) is 48.7 Å². The predicted molar refractivity (Wildman–Crippen MR) is 108 cm³/mol. The molecular formula is C21H26N2OSi. The van der Waals surface area contributed by atoms with Crippen LogP contribution in [0.3, 0.4) is 0 Å². The van der Waals surface area contributed by atoms with Gasteiger partial charge in [-0.05, 0) is 74.5 Å². The van der Waals surface area contributed by atoms with E-state index in [-0.39, 0.29) is 5.78 Å². The molecule has 0 fully saturated rings. The summed E-state index contributed by atoms with van der Waals surface area (Å²) in [6.07, 6.45) is 0. The number of benzene rings is 2. The van der Waals surface area contributed by atoms with E-state index >= 15 is 0 Å². The molecule has 1 aliphatic heterocycles. The molecule has 0 unspecified atom stereocenters. The number of fused-ring (bicyclic) bond motifs is 2. The van der Waals surface area contributed by atoms with Crippen LogP contribution in [-0.4, -0.2) is 41.5 Å². The lowest BCUT2D eigenvalue weighted by atomic mass is 10.0. The number of hydrogen-bond donors (Lipinski definition) is 0. The zero-order valence-corrected chi connectivity index (χ0v) is 16.6. The molecule has 0 atom stereocenters. The minimum atomic E-state index is 0.168. The zero-order valence-electron chi connectivity index (χ0n) is 15.6. The molecule has 0 amide bonds. The third kappa shape index (κ3) is 3.23. The fourth-order valence-corrected chi connectivity index (χ4v) is 4.92. The number of carbonyl (C=O) groups excluding carboxylic acids is 1. The van der Waals surface area contributed by atoms with E-state index < -0.39 is 0 Å². The number of anilines is 2. The van der Waals surface area contributed by atoms with Crippen LogP contribution >= 0.6 is 0 Å². The van der Waals surface area contributed by atoms with Gasteiger partial charge in [-0.25, -0.2) is 0 Å². The maximum atomic E-state index is 12.9. The lowest BCUT2D eigenvalue weighted by molar-refractivity contribution is 0.104. The summed E-state index contributed by atoms with van der Waals surface area (Å²) in [5, 5.41) is 2.36. The first-order valence-corrected chi connectivity index (χ1v) is 10.2. The molecule has 130 valence electrons. The smallest absolute Gasteiger partial charge is 0.192 e. The van der Waals surface area contributed by atoms with E-state index in [1.165, 1.54) is 21.7 Å². The summed E-state index contributed by atoms with van der Waals surface area (Å²) in [5.41, 5.74) is 4.18. The molecule has 4 heteroatoms. The first-order valence-electron chi connectivity index (χ1n) is 9.22. The van der Waals surface area contributed by atoms with Crippen LogP contribution in [0.1, 0.15) is 43.6 Å². The second-order valence-electron chi connectivity index (χ2n) is 6.26. The van der Waals surface area contributed by atoms with Crippen LogP contribution in [0.2, 0.25) is 0 Å². The van der Waals surface area contributed by atoms with Gasteiger partial charge in [0.2, 0.25) is 0 Å². The standard InChI is InChI=1S/C21H26N2OSi/c1-5-22(6-2)15-9-11-17-19(13-15)25-20-14-16(23(7-3)8-4)10-12-18(20)21(17)24/h9-14H,5-8H2,1-4H3. The molecule has 0 aliphatic carbocycles. The van der Waals surface area contributed by atoms with Crippen LogP contribution in [0.25, 0.3) is 0 Å². The van der Waals surface area contributed by atoms with Gasteiger partial charge < -0.3 is 9.80 Å². The van der Waals surface area contributed by atoms with Crippen LogP contribution in [-0.2, 0) is 0 Å². The normalized spacial score (nSPS) is 12.6. The highest BCUT2D eigenvalue weighted by Crippen LogP contribution is 2.20. The van der Waals surface area contributed by atoms with Gasteiger partial charge in [-0.15, -0.1) is 0 Å². The third-order valence-electron chi connectivity index (χ3n) is 5.02. The minimum absolute atomic E-state index is 0.168. The number of nitrogens with zero attached hydrogens (tertiary/aromatic N) is 2. The first kappa shape index (κ1) is 17.7. The maximum Gasteiger partial charge on any atom is 0.192 e. The van der Waals surface area contributed by atoms with Crippen LogP contribution in [0.5, 0.6) is 0 Å². The van der Waals surface area contributed by atoms with E-state index in [1.807, 2.05) is 12.1 Å². The lowest BCUT2D eigenvalue weighted by Gasteiger charge is -2.26. The van der Waals surface area contributed by atoms with Crippen molar-refractivity contribution in [3.8, 4) is 0 Å². The molecule has 0 spiro atoms.